The van der Waals surface area contributed by atoms with E-state index >= 15 is 0 Å². The van der Waals surface area contributed by atoms with Crippen LogP contribution >= 0.6 is 0 Å². The van der Waals surface area contributed by atoms with Gasteiger partial charge in [-0.25, -0.2) is 4.79 Å². The maximum atomic E-state index is 11.9. The molecule has 3 heteroatoms. The molecule has 3 aliphatic rings. The summed E-state index contributed by atoms with van der Waals surface area (Å²) >= 11 is 0. The molecule has 0 aromatic carbocycles. The van der Waals surface area contributed by atoms with Gasteiger partial charge in [0.2, 0.25) is 0 Å². The highest BCUT2D eigenvalue weighted by Crippen LogP contribution is 2.52. The van der Waals surface area contributed by atoms with Crippen LogP contribution in [0.1, 0.15) is 51.9 Å². The Morgan fingerprint density at radius 2 is 2.09 bits per heavy atom. The molecule has 1 saturated carbocycles. The Bertz CT molecular complexity index is 484. The van der Waals surface area contributed by atoms with E-state index in [2.05, 4.69) is 30.6 Å². The number of methoxy groups -OCH3 is 1. The first-order valence-electron chi connectivity index (χ1n) is 8.78. The van der Waals surface area contributed by atoms with Gasteiger partial charge in [-0.3, -0.25) is 4.90 Å². The van der Waals surface area contributed by atoms with Crippen LogP contribution in [0.4, 0.5) is 0 Å². The maximum absolute atomic E-state index is 11.9. The van der Waals surface area contributed by atoms with Crippen LogP contribution in [0.2, 0.25) is 0 Å². The molecule has 1 aliphatic carbocycles. The minimum Gasteiger partial charge on any atom is -0.466 e. The van der Waals surface area contributed by atoms with Gasteiger partial charge in [0.1, 0.15) is 0 Å². The third kappa shape index (κ3) is 2.54. The smallest absolute Gasteiger partial charge is 0.334 e. The molecule has 3 unspecified atom stereocenters. The molecule has 2 bridgehead atoms. The van der Waals surface area contributed by atoms with Crippen LogP contribution in [0.25, 0.3) is 0 Å². The van der Waals surface area contributed by atoms with E-state index in [0.29, 0.717) is 24.1 Å². The first-order valence-corrected chi connectivity index (χ1v) is 8.78. The number of esters is 1. The van der Waals surface area contributed by atoms with Gasteiger partial charge >= 0.3 is 5.97 Å². The summed E-state index contributed by atoms with van der Waals surface area (Å²) in [5, 5.41) is 0. The number of hydrogen-bond donors (Lipinski definition) is 0. The zero-order valence-corrected chi connectivity index (χ0v) is 14.0. The van der Waals surface area contributed by atoms with Crippen molar-refractivity contribution in [1.29, 1.82) is 0 Å². The predicted octanol–water partition coefficient (Wildman–Crippen LogP) is 3.71. The van der Waals surface area contributed by atoms with Crippen LogP contribution in [-0.2, 0) is 9.53 Å². The van der Waals surface area contributed by atoms with Crippen LogP contribution in [0.5, 0.6) is 0 Å². The molecule has 0 N–H and O–H groups in total. The van der Waals surface area contributed by atoms with E-state index in [9.17, 15) is 4.79 Å². The highest BCUT2D eigenvalue weighted by Gasteiger charge is 2.52. The topological polar surface area (TPSA) is 29.5 Å². The minimum absolute atomic E-state index is 0.255. The summed E-state index contributed by atoms with van der Waals surface area (Å²) in [4.78, 5) is 14.5. The van der Waals surface area contributed by atoms with Crippen LogP contribution in [-0.4, -0.2) is 36.1 Å². The van der Waals surface area contributed by atoms with Crippen molar-refractivity contribution in [1.82, 2.24) is 4.90 Å². The van der Waals surface area contributed by atoms with E-state index < -0.39 is 0 Å². The van der Waals surface area contributed by atoms with Crippen molar-refractivity contribution in [3.63, 3.8) is 0 Å². The Morgan fingerprint density at radius 3 is 2.82 bits per heavy atom. The van der Waals surface area contributed by atoms with Crippen molar-refractivity contribution in [2.24, 2.45) is 11.8 Å². The number of hydrogen-bond acceptors (Lipinski definition) is 3. The number of piperidine rings is 1. The average molecular weight is 303 g/mol. The van der Waals surface area contributed by atoms with Crippen LogP contribution in [0.15, 0.2) is 24.3 Å². The van der Waals surface area contributed by atoms with Gasteiger partial charge in [-0.15, -0.1) is 0 Å². The first-order chi connectivity index (χ1) is 10.6. The normalized spacial score (nSPS) is 39.5. The standard InChI is InChI=1S/C19H29NO2/c1-14-7-4-8-16-9-5-11-19(12-6-10-17(14)19)20(16)13-15(2)18(21)22-3/h4,7,14,16-17H,2,5-6,8-13H2,1,3H3/b7-4-/t14?,16?,17-,19?/m1/s1. The summed E-state index contributed by atoms with van der Waals surface area (Å²) in [6, 6.07) is 0.555. The van der Waals surface area contributed by atoms with E-state index in [1.54, 1.807) is 0 Å². The summed E-state index contributed by atoms with van der Waals surface area (Å²) in [5.74, 6) is 1.10. The Morgan fingerprint density at radius 1 is 1.36 bits per heavy atom. The third-order valence-corrected chi connectivity index (χ3v) is 6.29. The average Bonchev–Trinajstić information content (AvgIpc) is 2.93. The van der Waals surface area contributed by atoms with Crippen molar-refractivity contribution in [3.05, 3.63) is 24.3 Å². The number of rotatable bonds is 3. The number of carbonyl (C=O) groups excluding carboxylic acids is 1. The Kier molecular flexibility index (Phi) is 4.44. The zero-order valence-electron chi connectivity index (χ0n) is 14.0. The highest BCUT2D eigenvalue weighted by molar-refractivity contribution is 5.88. The van der Waals surface area contributed by atoms with Crippen molar-refractivity contribution in [3.8, 4) is 0 Å². The Labute approximate surface area is 134 Å². The molecule has 0 radical (unpaired) electrons. The van der Waals surface area contributed by atoms with E-state index in [0.717, 1.165) is 12.3 Å². The van der Waals surface area contributed by atoms with E-state index in [1.807, 2.05) is 0 Å². The second-order valence-corrected chi connectivity index (χ2v) is 7.39. The molecule has 3 nitrogen and oxygen atoms in total. The third-order valence-electron chi connectivity index (χ3n) is 6.29. The number of carbonyl (C=O) groups is 1. The fourth-order valence-electron chi connectivity index (χ4n) is 5.34. The van der Waals surface area contributed by atoms with Crippen LogP contribution < -0.4 is 0 Å². The summed E-state index contributed by atoms with van der Waals surface area (Å²) in [6.07, 6.45) is 13.7. The molecule has 1 spiro atoms. The molecule has 2 fully saturated rings. The van der Waals surface area contributed by atoms with Crippen LogP contribution in [0, 0.1) is 11.8 Å². The molecule has 2 aliphatic heterocycles. The summed E-state index contributed by atoms with van der Waals surface area (Å²) in [6.45, 7) is 7.04. The Balaban J connectivity index is 1.93. The molecule has 4 atom stereocenters. The largest absolute Gasteiger partial charge is 0.466 e. The van der Waals surface area contributed by atoms with Gasteiger partial charge in [0.15, 0.2) is 0 Å². The molecular weight excluding hydrogens is 274 g/mol. The van der Waals surface area contributed by atoms with Gasteiger partial charge in [0.05, 0.1) is 7.11 Å². The number of ether oxygens (including phenoxy) is 1. The van der Waals surface area contributed by atoms with Gasteiger partial charge in [-0.2, -0.15) is 0 Å². The second kappa shape index (κ2) is 6.19. The lowest BCUT2D eigenvalue weighted by atomic mass is 9.69. The zero-order chi connectivity index (χ0) is 15.7. The second-order valence-electron chi connectivity index (χ2n) is 7.39. The van der Waals surface area contributed by atoms with Gasteiger partial charge in [-0.05, 0) is 43.9 Å². The molecule has 22 heavy (non-hydrogen) atoms. The fraction of sp³-hybridized carbons (Fsp3) is 0.737. The molecular formula is C19H29NO2. The van der Waals surface area contributed by atoms with Crippen molar-refractivity contribution in [2.45, 2.75) is 63.5 Å². The number of nitrogens with zero attached hydrogens (tertiary/aromatic N) is 1. The highest BCUT2D eigenvalue weighted by atomic mass is 16.5. The molecule has 2 heterocycles. The van der Waals surface area contributed by atoms with Crippen molar-refractivity contribution < 1.29 is 9.53 Å². The minimum atomic E-state index is -0.255. The molecule has 0 aromatic heterocycles. The number of allylic oxidation sites excluding steroid dienone is 1. The van der Waals surface area contributed by atoms with Gasteiger partial charge in [0.25, 0.3) is 0 Å². The molecule has 122 valence electrons. The Hall–Kier alpha value is -1.09. The molecule has 1 saturated heterocycles. The molecule has 3 rings (SSSR count). The fourth-order valence-corrected chi connectivity index (χ4v) is 5.34. The van der Waals surface area contributed by atoms with Gasteiger partial charge < -0.3 is 4.74 Å². The lowest BCUT2D eigenvalue weighted by Gasteiger charge is -2.55. The van der Waals surface area contributed by atoms with Gasteiger partial charge in [0, 0.05) is 23.7 Å². The quantitative estimate of drug-likeness (QED) is 0.452. The molecule has 0 aromatic rings. The van der Waals surface area contributed by atoms with Gasteiger partial charge in [-0.1, -0.05) is 38.5 Å². The monoisotopic (exact) mass is 303 g/mol. The van der Waals surface area contributed by atoms with E-state index in [1.165, 1.54) is 45.6 Å². The lowest BCUT2D eigenvalue weighted by molar-refractivity contribution is -0.137. The van der Waals surface area contributed by atoms with Crippen LogP contribution in [0.3, 0.4) is 0 Å². The number of fused-ring (bicyclic) bond motifs is 1. The van der Waals surface area contributed by atoms with Crippen molar-refractivity contribution >= 4 is 5.97 Å². The maximum Gasteiger partial charge on any atom is 0.334 e. The SMILES string of the molecule is C=C(CN1C2C/C=C\C(C)[C@H]3CCCC31CCC2)C(=O)OC. The summed E-state index contributed by atoms with van der Waals surface area (Å²) in [7, 11) is 1.45. The first kappa shape index (κ1) is 15.8. The van der Waals surface area contributed by atoms with E-state index in [-0.39, 0.29) is 11.5 Å². The van der Waals surface area contributed by atoms with Crippen molar-refractivity contribution in [2.75, 3.05) is 13.7 Å². The predicted molar refractivity (Wildman–Crippen MR) is 88.5 cm³/mol. The lowest BCUT2D eigenvalue weighted by Crippen LogP contribution is -2.60. The summed E-state index contributed by atoms with van der Waals surface area (Å²) < 4.78 is 4.88. The summed E-state index contributed by atoms with van der Waals surface area (Å²) in [5.41, 5.74) is 0.890. The van der Waals surface area contributed by atoms with E-state index in [4.69, 9.17) is 4.74 Å². The molecule has 0 amide bonds.